The fourth-order valence-corrected chi connectivity index (χ4v) is 2.95. The zero-order valence-corrected chi connectivity index (χ0v) is 11.5. The molecule has 0 spiro atoms. The van der Waals surface area contributed by atoms with Crippen molar-refractivity contribution in [2.24, 2.45) is 5.92 Å². The van der Waals surface area contributed by atoms with E-state index in [1.165, 1.54) is 56.9 Å². The Balaban J connectivity index is 1.92. The van der Waals surface area contributed by atoms with Crippen molar-refractivity contribution in [2.45, 2.75) is 58.3 Å². The van der Waals surface area contributed by atoms with Gasteiger partial charge in [0.2, 0.25) is 0 Å². The van der Waals surface area contributed by atoms with Crippen LogP contribution in [0.4, 0.5) is 0 Å². The van der Waals surface area contributed by atoms with Gasteiger partial charge in [-0.25, -0.2) is 0 Å². The minimum atomic E-state index is 0.160. The molecule has 0 heterocycles. The molecule has 0 aromatic heterocycles. The first-order valence-corrected chi connectivity index (χ1v) is 7.35. The molecule has 0 unspecified atom stereocenters. The van der Waals surface area contributed by atoms with Gasteiger partial charge in [-0.15, -0.1) is 0 Å². The molecule has 98 valence electrons. The van der Waals surface area contributed by atoms with E-state index in [1.54, 1.807) is 6.92 Å². The lowest BCUT2D eigenvalue weighted by molar-refractivity contribution is 0.101. The highest BCUT2D eigenvalue weighted by Gasteiger charge is 2.12. The van der Waals surface area contributed by atoms with Crippen molar-refractivity contribution >= 4 is 5.78 Å². The Hall–Kier alpha value is -1.11. The molecule has 1 saturated carbocycles. The van der Waals surface area contributed by atoms with Gasteiger partial charge in [0.15, 0.2) is 5.78 Å². The van der Waals surface area contributed by atoms with Gasteiger partial charge in [0, 0.05) is 5.56 Å². The SMILES string of the molecule is CC(=O)c1ccc(CC2CCCCCCC2)cc1. The third-order valence-electron chi connectivity index (χ3n) is 4.11. The van der Waals surface area contributed by atoms with E-state index >= 15 is 0 Å². The van der Waals surface area contributed by atoms with Gasteiger partial charge in [0.25, 0.3) is 0 Å². The summed E-state index contributed by atoms with van der Waals surface area (Å²) in [5, 5.41) is 0. The molecular weight excluding hydrogens is 220 g/mol. The number of benzene rings is 1. The maximum Gasteiger partial charge on any atom is 0.159 e. The second-order valence-corrected chi connectivity index (χ2v) is 5.67. The van der Waals surface area contributed by atoms with Crippen molar-refractivity contribution < 1.29 is 4.79 Å². The summed E-state index contributed by atoms with van der Waals surface area (Å²) in [4.78, 5) is 11.2. The summed E-state index contributed by atoms with van der Waals surface area (Å²) in [7, 11) is 0. The molecule has 1 heteroatoms. The minimum Gasteiger partial charge on any atom is -0.295 e. The van der Waals surface area contributed by atoms with Crippen molar-refractivity contribution in [1.82, 2.24) is 0 Å². The fourth-order valence-electron chi connectivity index (χ4n) is 2.95. The molecule has 1 aliphatic rings. The number of rotatable bonds is 3. The average molecular weight is 244 g/mol. The molecular formula is C17H24O. The Labute approximate surface area is 111 Å². The van der Waals surface area contributed by atoms with Crippen LogP contribution in [0.3, 0.4) is 0 Å². The minimum absolute atomic E-state index is 0.160. The topological polar surface area (TPSA) is 17.1 Å². The fraction of sp³-hybridized carbons (Fsp3) is 0.588. The predicted molar refractivity (Wildman–Crippen MR) is 76.0 cm³/mol. The Kier molecular flexibility index (Phi) is 4.98. The zero-order valence-electron chi connectivity index (χ0n) is 11.5. The van der Waals surface area contributed by atoms with E-state index in [0.717, 1.165) is 11.5 Å². The molecule has 1 aliphatic carbocycles. The average Bonchev–Trinajstić information content (AvgIpc) is 2.33. The predicted octanol–water partition coefficient (Wildman–Crippen LogP) is 4.79. The number of Topliss-reactive ketones (excluding diaryl/α,β-unsaturated/α-hetero) is 1. The van der Waals surface area contributed by atoms with Crippen molar-refractivity contribution in [3.8, 4) is 0 Å². The maximum atomic E-state index is 11.2. The van der Waals surface area contributed by atoms with Gasteiger partial charge in [-0.3, -0.25) is 4.79 Å². The number of hydrogen-bond donors (Lipinski definition) is 0. The molecule has 18 heavy (non-hydrogen) atoms. The summed E-state index contributed by atoms with van der Waals surface area (Å²) in [5.41, 5.74) is 2.22. The summed E-state index contributed by atoms with van der Waals surface area (Å²) in [6.07, 6.45) is 11.0. The molecule has 0 radical (unpaired) electrons. The lowest BCUT2D eigenvalue weighted by Crippen LogP contribution is -2.07. The van der Waals surface area contributed by atoms with Crippen molar-refractivity contribution in [1.29, 1.82) is 0 Å². The number of carbonyl (C=O) groups excluding carboxylic acids is 1. The van der Waals surface area contributed by atoms with Crippen LogP contribution in [-0.2, 0) is 6.42 Å². The molecule has 1 aromatic rings. The van der Waals surface area contributed by atoms with Crippen molar-refractivity contribution in [3.63, 3.8) is 0 Å². The number of hydrogen-bond acceptors (Lipinski definition) is 1. The van der Waals surface area contributed by atoms with Crippen LogP contribution in [0.15, 0.2) is 24.3 Å². The standard InChI is InChI=1S/C17H24O/c1-14(18)17-11-9-16(10-12-17)13-15-7-5-3-2-4-6-8-15/h9-12,15H,2-8,13H2,1H3. The van der Waals surface area contributed by atoms with E-state index in [4.69, 9.17) is 0 Å². The first kappa shape index (κ1) is 13.3. The van der Waals surface area contributed by atoms with Crippen LogP contribution >= 0.6 is 0 Å². The third kappa shape index (κ3) is 3.97. The molecule has 0 saturated heterocycles. The van der Waals surface area contributed by atoms with Gasteiger partial charge in [-0.2, -0.15) is 0 Å². The van der Waals surface area contributed by atoms with E-state index in [1.807, 2.05) is 12.1 Å². The van der Waals surface area contributed by atoms with E-state index in [9.17, 15) is 4.79 Å². The van der Waals surface area contributed by atoms with Crippen molar-refractivity contribution in [2.75, 3.05) is 0 Å². The second kappa shape index (κ2) is 6.72. The third-order valence-corrected chi connectivity index (χ3v) is 4.11. The van der Waals surface area contributed by atoms with Crippen LogP contribution in [0.5, 0.6) is 0 Å². The Morgan fingerprint density at radius 3 is 2.11 bits per heavy atom. The summed E-state index contributed by atoms with van der Waals surface area (Å²) in [5.74, 6) is 1.01. The molecule has 1 nitrogen and oxygen atoms in total. The van der Waals surface area contributed by atoms with E-state index in [-0.39, 0.29) is 5.78 Å². The highest BCUT2D eigenvalue weighted by atomic mass is 16.1. The summed E-state index contributed by atoms with van der Waals surface area (Å²) in [6, 6.07) is 8.21. The Morgan fingerprint density at radius 1 is 1.00 bits per heavy atom. The van der Waals surface area contributed by atoms with Gasteiger partial charge in [0.05, 0.1) is 0 Å². The van der Waals surface area contributed by atoms with E-state index in [0.29, 0.717) is 0 Å². The Bertz CT molecular complexity index is 369. The van der Waals surface area contributed by atoms with E-state index < -0.39 is 0 Å². The lowest BCUT2D eigenvalue weighted by atomic mass is 9.86. The summed E-state index contributed by atoms with van der Waals surface area (Å²) < 4.78 is 0. The summed E-state index contributed by atoms with van der Waals surface area (Å²) >= 11 is 0. The first-order chi connectivity index (χ1) is 8.75. The largest absolute Gasteiger partial charge is 0.295 e. The summed E-state index contributed by atoms with van der Waals surface area (Å²) in [6.45, 7) is 1.63. The van der Waals surface area contributed by atoms with E-state index in [2.05, 4.69) is 12.1 Å². The lowest BCUT2D eigenvalue weighted by Gasteiger charge is -2.19. The molecule has 0 aliphatic heterocycles. The highest BCUT2D eigenvalue weighted by Crippen LogP contribution is 2.25. The molecule has 0 amide bonds. The molecule has 1 fully saturated rings. The van der Waals surface area contributed by atoms with Crippen LogP contribution < -0.4 is 0 Å². The maximum absolute atomic E-state index is 11.2. The molecule has 0 bridgehead atoms. The van der Waals surface area contributed by atoms with Crippen LogP contribution in [-0.4, -0.2) is 5.78 Å². The molecule has 0 atom stereocenters. The Morgan fingerprint density at radius 2 is 1.56 bits per heavy atom. The van der Waals surface area contributed by atoms with Crippen LogP contribution in [0.2, 0.25) is 0 Å². The van der Waals surface area contributed by atoms with Gasteiger partial charge < -0.3 is 0 Å². The smallest absolute Gasteiger partial charge is 0.159 e. The normalized spacial score (nSPS) is 18.1. The monoisotopic (exact) mass is 244 g/mol. The van der Waals surface area contributed by atoms with Crippen molar-refractivity contribution in [3.05, 3.63) is 35.4 Å². The number of carbonyl (C=O) groups is 1. The molecule has 2 rings (SSSR count). The van der Waals surface area contributed by atoms with Gasteiger partial charge in [-0.05, 0) is 24.8 Å². The van der Waals surface area contributed by atoms with Gasteiger partial charge in [0.1, 0.15) is 0 Å². The molecule has 0 N–H and O–H groups in total. The van der Waals surface area contributed by atoms with Gasteiger partial charge in [-0.1, -0.05) is 69.2 Å². The van der Waals surface area contributed by atoms with Crippen LogP contribution in [0, 0.1) is 5.92 Å². The second-order valence-electron chi connectivity index (χ2n) is 5.67. The van der Waals surface area contributed by atoms with Crippen LogP contribution in [0.25, 0.3) is 0 Å². The van der Waals surface area contributed by atoms with Gasteiger partial charge >= 0.3 is 0 Å². The highest BCUT2D eigenvalue weighted by molar-refractivity contribution is 5.93. The first-order valence-electron chi connectivity index (χ1n) is 7.35. The van der Waals surface area contributed by atoms with Crippen LogP contribution in [0.1, 0.15) is 67.8 Å². The quantitative estimate of drug-likeness (QED) is 0.698. The zero-order chi connectivity index (χ0) is 12.8. The molecule has 1 aromatic carbocycles. The number of ketones is 1.